The molecule has 5 heteroatoms. The minimum Gasteiger partial charge on any atom is -0.468 e. The van der Waals surface area contributed by atoms with Crippen LogP contribution in [-0.4, -0.2) is 19.9 Å². The third-order valence-corrected chi connectivity index (χ3v) is 4.95. The van der Waals surface area contributed by atoms with E-state index in [4.69, 9.17) is 4.42 Å². The molecule has 1 aliphatic heterocycles. The van der Waals surface area contributed by atoms with Gasteiger partial charge >= 0.3 is 0 Å². The fourth-order valence-corrected chi connectivity index (χ4v) is 4.06. The third-order valence-electron chi connectivity index (χ3n) is 2.48. The minimum absolute atomic E-state index is 0.0260. The van der Waals surface area contributed by atoms with Gasteiger partial charge in [-0.15, -0.1) is 0 Å². The molecule has 2 rings (SSSR count). The molecule has 0 N–H and O–H groups in total. The van der Waals surface area contributed by atoms with Crippen molar-refractivity contribution < 1.29 is 12.8 Å². The van der Waals surface area contributed by atoms with Crippen LogP contribution in [0.25, 0.3) is 0 Å². The summed E-state index contributed by atoms with van der Waals surface area (Å²) in [6.07, 6.45) is 3.21. The van der Waals surface area contributed by atoms with Crippen molar-refractivity contribution in [3.05, 3.63) is 22.6 Å². The lowest BCUT2D eigenvalue weighted by Crippen LogP contribution is -2.23. The Hall–Kier alpha value is -0.290. The zero-order valence-corrected chi connectivity index (χ0v) is 9.97. The fourth-order valence-electron chi connectivity index (χ4n) is 1.83. The average Bonchev–Trinajstić information content (AvgIpc) is 2.49. The second kappa shape index (κ2) is 3.70. The molecule has 0 bridgehead atoms. The van der Waals surface area contributed by atoms with Crippen LogP contribution in [0.1, 0.15) is 24.5 Å². The Morgan fingerprint density at radius 1 is 1.50 bits per heavy atom. The molecule has 14 heavy (non-hydrogen) atoms. The Morgan fingerprint density at radius 3 is 2.86 bits per heavy atom. The van der Waals surface area contributed by atoms with E-state index in [1.807, 2.05) is 0 Å². The molecule has 0 spiro atoms. The highest BCUT2D eigenvalue weighted by atomic mass is 79.9. The van der Waals surface area contributed by atoms with E-state index in [0.717, 1.165) is 23.1 Å². The number of hydrogen-bond donors (Lipinski definition) is 0. The Labute approximate surface area is 91.5 Å². The highest BCUT2D eigenvalue weighted by Gasteiger charge is 2.28. The van der Waals surface area contributed by atoms with Gasteiger partial charge in [0.15, 0.2) is 9.84 Å². The van der Waals surface area contributed by atoms with Crippen molar-refractivity contribution in [3.8, 4) is 0 Å². The topological polar surface area (TPSA) is 47.3 Å². The highest BCUT2D eigenvalue weighted by molar-refractivity contribution is 9.10. The zero-order chi connectivity index (χ0) is 10.2. The molecule has 0 amide bonds. The molecule has 0 aromatic carbocycles. The van der Waals surface area contributed by atoms with Crippen molar-refractivity contribution in [1.29, 1.82) is 0 Å². The second-order valence-electron chi connectivity index (χ2n) is 3.59. The van der Waals surface area contributed by atoms with Gasteiger partial charge in [0.2, 0.25) is 0 Å². The largest absolute Gasteiger partial charge is 0.468 e. The summed E-state index contributed by atoms with van der Waals surface area (Å²) in [5.41, 5.74) is 0. The first-order chi connectivity index (χ1) is 6.58. The van der Waals surface area contributed by atoms with Crippen LogP contribution in [0.4, 0.5) is 0 Å². The minimum atomic E-state index is -2.86. The van der Waals surface area contributed by atoms with Gasteiger partial charge in [-0.05, 0) is 34.8 Å². The molecule has 1 aromatic heterocycles. The molecule has 1 unspecified atom stereocenters. The molecule has 78 valence electrons. The predicted molar refractivity (Wildman–Crippen MR) is 57.0 cm³/mol. The zero-order valence-electron chi connectivity index (χ0n) is 7.57. The summed E-state index contributed by atoms with van der Waals surface area (Å²) >= 11 is 3.35. The van der Waals surface area contributed by atoms with E-state index in [1.165, 1.54) is 0 Å². The van der Waals surface area contributed by atoms with E-state index in [0.29, 0.717) is 5.75 Å². The molecule has 1 aromatic rings. The van der Waals surface area contributed by atoms with Gasteiger partial charge in [-0.3, -0.25) is 0 Å². The van der Waals surface area contributed by atoms with Gasteiger partial charge in [0.25, 0.3) is 0 Å². The van der Waals surface area contributed by atoms with Crippen LogP contribution in [-0.2, 0) is 9.84 Å². The third kappa shape index (κ3) is 2.03. The maximum atomic E-state index is 11.4. The maximum Gasteiger partial charge on any atom is 0.151 e. The first kappa shape index (κ1) is 10.2. The van der Waals surface area contributed by atoms with Crippen LogP contribution < -0.4 is 0 Å². The summed E-state index contributed by atoms with van der Waals surface area (Å²) in [5, 5.41) is 0. The molecule has 3 nitrogen and oxygen atoms in total. The van der Waals surface area contributed by atoms with Gasteiger partial charge in [-0.25, -0.2) is 8.42 Å². The van der Waals surface area contributed by atoms with Crippen LogP contribution in [0.15, 0.2) is 21.2 Å². The van der Waals surface area contributed by atoms with E-state index in [1.54, 1.807) is 12.3 Å². The number of furan rings is 1. The average molecular weight is 279 g/mol. The molecule has 0 aliphatic carbocycles. The molecular formula is C9H11BrO3S. The normalized spacial score (nSPS) is 26.2. The lowest BCUT2D eigenvalue weighted by molar-refractivity contribution is 0.446. The lowest BCUT2D eigenvalue weighted by Gasteiger charge is -2.20. The first-order valence-corrected chi connectivity index (χ1v) is 7.13. The van der Waals surface area contributed by atoms with Gasteiger partial charge in [-0.1, -0.05) is 0 Å². The Kier molecular flexibility index (Phi) is 2.70. The number of sulfone groups is 1. The lowest BCUT2D eigenvalue weighted by atomic mass is 10.0. The second-order valence-corrected chi connectivity index (χ2v) is 6.67. The van der Waals surface area contributed by atoms with E-state index in [-0.39, 0.29) is 11.7 Å². The number of hydrogen-bond acceptors (Lipinski definition) is 3. The van der Waals surface area contributed by atoms with Gasteiger partial charge in [0.05, 0.1) is 22.2 Å². The summed E-state index contributed by atoms with van der Waals surface area (Å²) in [6.45, 7) is 0. The van der Waals surface area contributed by atoms with Crippen LogP contribution in [0.5, 0.6) is 0 Å². The predicted octanol–water partition coefficient (Wildman–Crippen LogP) is 2.33. The molecule has 1 fully saturated rings. The van der Waals surface area contributed by atoms with Crippen LogP contribution in [0, 0.1) is 0 Å². The van der Waals surface area contributed by atoms with Crippen molar-refractivity contribution in [3.63, 3.8) is 0 Å². The standard InChI is InChI=1S/C9H11BrO3S/c10-8-3-4-13-9(8)7-2-1-5-14(11,12)6-7/h3-4,7H,1-2,5-6H2. The molecule has 0 radical (unpaired) electrons. The van der Waals surface area contributed by atoms with Crippen LogP contribution in [0.2, 0.25) is 0 Å². The molecule has 2 heterocycles. The summed E-state index contributed by atoms with van der Waals surface area (Å²) in [7, 11) is -2.86. The SMILES string of the molecule is O=S1(=O)CCCC(c2occc2Br)C1. The van der Waals surface area contributed by atoms with Gasteiger partial charge in [0.1, 0.15) is 5.76 Å². The van der Waals surface area contributed by atoms with Crippen LogP contribution >= 0.6 is 15.9 Å². The molecule has 1 saturated heterocycles. The highest BCUT2D eigenvalue weighted by Crippen LogP contribution is 2.33. The van der Waals surface area contributed by atoms with Crippen molar-refractivity contribution in [2.75, 3.05) is 11.5 Å². The monoisotopic (exact) mass is 278 g/mol. The number of rotatable bonds is 1. The van der Waals surface area contributed by atoms with E-state index in [9.17, 15) is 8.42 Å². The summed E-state index contributed by atoms with van der Waals surface area (Å²) in [5.74, 6) is 1.34. The van der Waals surface area contributed by atoms with Gasteiger partial charge < -0.3 is 4.42 Å². The summed E-state index contributed by atoms with van der Waals surface area (Å²) < 4.78 is 29.0. The molecule has 1 atom stereocenters. The Morgan fingerprint density at radius 2 is 2.29 bits per heavy atom. The Balaban J connectivity index is 2.24. The van der Waals surface area contributed by atoms with Crippen molar-refractivity contribution in [2.24, 2.45) is 0 Å². The molecule has 1 aliphatic rings. The maximum absolute atomic E-state index is 11.4. The molecule has 0 saturated carbocycles. The smallest absolute Gasteiger partial charge is 0.151 e. The number of halogens is 1. The summed E-state index contributed by atoms with van der Waals surface area (Å²) in [6, 6.07) is 1.80. The van der Waals surface area contributed by atoms with Crippen LogP contribution in [0.3, 0.4) is 0 Å². The fraction of sp³-hybridized carbons (Fsp3) is 0.556. The molecular weight excluding hydrogens is 268 g/mol. The Bertz CT molecular complexity index is 421. The van der Waals surface area contributed by atoms with E-state index >= 15 is 0 Å². The van der Waals surface area contributed by atoms with Crippen molar-refractivity contribution in [2.45, 2.75) is 18.8 Å². The first-order valence-electron chi connectivity index (χ1n) is 4.52. The quantitative estimate of drug-likeness (QED) is 0.792. The van der Waals surface area contributed by atoms with E-state index < -0.39 is 9.84 Å². The van der Waals surface area contributed by atoms with Gasteiger partial charge in [0, 0.05) is 5.92 Å². The van der Waals surface area contributed by atoms with E-state index in [2.05, 4.69) is 15.9 Å². The van der Waals surface area contributed by atoms with Crippen molar-refractivity contribution in [1.82, 2.24) is 0 Å². The summed E-state index contributed by atoms with van der Waals surface area (Å²) in [4.78, 5) is 0. The van der Waals surface area contributed by atoms with Crippen molar-refractivity contribution >= 4 is 25.8 Å². The van der Waals surface area contributed by atoms with Gasteiger partial charge in [-0.2, -0.15) is 0 Å².